The highest BCUT2D eigenvalue weighted by atomic mass is 32.2. The number of nitrogens with two attached hydrogens (primary N) is 1. The van der Waals surface area contributed by atoms with E-state index in [-0.39, 0.29) is 22.1 Å². The predicted octanol–water partition coefficient (Wildman–Crippen LogP) is 2.31. The second-order valence-electron chi connectivity index (χ2n) is 5.81. The van der Waals surface area contributed by atoms with Gasteiger partial charge in [0, 0.05) is 22.0 Å². The maximum Gasteiger partial charge on any atom is 0.262 e. The molecule has 0 atom stereocenters. The fraction of sp³-hybridized carbons (Fsp3) is 0. The molecule has 0 fully saturated rings. The number of para-hydroxylation sites is 1. The third-order valence-corrected chi connectivity index (χ3v) is 5.64. The smallest absolute Gasteiger partial charge is 0.262 e. The minimum absolute atomic E-state index is 0.00822. The lowest BCUT2D eigenvalue weighted by Crippen LogP contribution is -2.18. The van der Waals surface area contributed by atoms with Crippen LogP contribution in [0.4, 0.5) is 11.4 Å². The van der Waals surface area contributed by atoms with Crippen molar-refractivity contribution in [2.45, 2.75) is 4.90 Å². The van der Waals surface area contributed by atoms with Crippen LogP contribution in [0.25, 0.3) is 10.8 Å². The number of carbonyl (C=O) groups excluding carboxylic acids is 2. The Kier molecular flexibility index (Phi) is 3.45. The Labute approximate surface area is 148 Å². The van der Waals surface area contributed by atoms with Crippen molar-refractivity contribution in [3.05, 3.63) is 65.7 Å². The van der Waals surface area contributed by atoms with Crippen LogP contribution in [0.1, 0.15) is 20.7 Å². The third kappa shape index (κ3) is 2.39. The van der Waals surface area contributed by atoms with Crippen molar-refractivity contribution in [3.8, 4) is 0 Å². The van der Waals surface area contributed by atoms with Crippen LogP contribution in [0.2, 0.25) is 0 Å². The molecule has 0 aromatic heterocycles. The molecule has 0 saturated carbocycles. The zero-order valence-corrected chi connectivity index (χ0v) is 14.1. The van der Waals surface area contributed by atoms with E-state index in [4.69, 9.17) is 5.73 Å². The van der Waals surface area contributed by atoms with Gasteiger partial charge in [-0.15, -0.1) is 0 Å². The summed E-state index contributed by atoms with van der Waals surface area (Å²) < 4.78 is 28.3. The summed E-state index contributed by atoms with van der Waals surface area (Å²) in [7, 11) is -4.02. The maximum atomic E-state index is 12.9. The molecule has 3 aromatic rings. The van der Waals surface area contributed by atoms with E-state index in [1.54, 1.807) is 36.4 Å². The van der Waals surface area contributed by atoms with Crippen LogP contribution in [-0.4, -0.2) is 20.2 Å². The number of nitrogens with one attached hydrogen (secondary N) is 2. The lowest BCUT2D eigenvalue weighted by molar-refractivity contribution is 0.0998. The van der Waals surface area contributed by atoms with Crippen molar-refractivity contribution < 1.29 is 18.0 Å². The Morgan fingerprint density at radius 1 is 1.00 bits per heavy atom. The normalized spacial score (nSPS) is 12.8. The highest BCUT2D eigenvalue weighted by Gasteiger charge is 2.26. The molecule has 3 aromatic carbocycles. The van der Waals surface area contributed by atoms with Gasteiger partial charge in [0.25, 0.3) is 21.8 Å². The monoisotopic (exact) mass is 367 g/mol. The first kappa shape index (κ1) is 16.1. The zero-order chi connectivity index (χ0) is 18.5. The molecule has 130 valence electrons. The van der Waals surface area contributed by atoms with E-state index in [9.17, 15) is 18.0 Å². The molecule has 1 heterocycles. The van der Waals surface area contributed by atoms with E-state index in [1.165, 1.54) is 18.2 Å². The highest BCUT2D eigenvalue weighted by Crippen LogP contribution is 2.37. The Morgan fingerprint density at radius 3 is 2.54 bits per heavy atom. The molecule has 0 aliphatic carbocycles. The van der Waals surface area contributed by atoms with Gasteiger partial charge in [-0.1, -0.05) is 24.3 Å². The molecule has 1 aliphatic heterocycles. The largest absolute Gasteiger partial charge is 0.366 e. The molecule has 0 spiro atoms. The average Bonchev–Trinajstić information content (AvgIpc) is 2.93. The van der Waals surface area contributed by atoms with Gasteiger partial charge in [0.05, 0.1) is 16.1 Å². The number of benzene rings is 3. The van der Waals surface area contributed by atoms with E-state index < -0.39 is 15.9 Å². The average molecular weight is 367 g/mol. The highest BCUT2D eigenvalue weighted by molar-refractivity contribution is 7.93. The summed E-state index contributed by atoms with van der Waals surface area (Å²) in [5.74, 6) is -1.01. The van der Waals surface area contributed by atoms with E-state index in [0.717, 1.165) is 0 Å². The van der Waals surface area contributed by atoms with Gasteiger partial charge in [0.2, 0.25) is 0 Å². The second-order valence-corrected chi connectivity index (χ2v) is 7.46. The van der Waals surface area contributed by atoms with Crippen molar-refractivity contribution in [1.82, 2.24) is 0 Å². The fourth-order valence-electron chi connectivity index (χ4n) is 3.08. The summed E-state index contributed by atoms with van der Waals surface area (Å²) in [6.45, 7) is 0. The van der Waals surface area contributed by atoms with Gasteiger partial charge in [0.15, 0.2) is 0 Å². The summed E-state index contributed by atoms with van der Waals surface area (Å²) in [5, 5.41) is 3.69. The first-order valence-electron chi connectivity index (χ1n) is 7.67. The molecule has 4 N–H and O–H groups in total. The second kappa shape index (κ2) is 5.57. The van der Waals surface area contributed by atoms with E-state index in [1.807, 2.05) is 0 Å². The number of hydrogen-bond donors (Lipinski definition) is 3. The lowest BCUT2D eigenvalue weighted by Gasteiger charge is -2.13. The molecule has 0 saturated heterocycles. The Bertz CT molecular complexity index is 1200. The molecule has 7 nitrogen and oxygen atoms in total. The number of primary amides is 1. The number of sulfonamides is 1. The van der Waals surface area contributed by atoms with Crippen molar-refractivity contribution in [2.75, 3.05) is 10.0 Å². The van der Waals surface area contributed by atoms with Crippen molar-refractivity contribution in [3.63, 3.8) is 0 Å². The van der Waals surface area contributed by atoms with Gasteiger partial charge in [-0.05, 0) is 30.3 Å². The van der Waals surface area contributed by atoms with Crippen molar-refractivity contribution in [2.24, 2.45) is 5.73 Å². The van der Waals surface area contributed by atoms with Gasteiger partial charge in [-0.25, -0.2) is 8.42 Å². The first-order valence-corrected chi connectivity index (χ1v) is 9.15. The SMILES string of the molecule is NC(=O)c1ccccc1NS(=O)(=O)c1ccc2c3c(cccc13)C(=O)N2. The summed E-state index contributed by atoms with van der Waals surface area (Å²) >= 11 is 0. The van der Waals surface area contributed by atoms with Crippen LogP contribution in [0.5, 0.6) is 0 Å². The number of anilines is 2. The van der Waals surface area contributed by atoms with Crippen molar-refractivity contribution in [1.29, 1.82) is 0 Å². The standard InChI is InChI=1S/C18H13N3O4S/c19-17(22)10-4-1-2-7-13(10)21-26(24,25)15-9-8-14-16-11(15)5-3-6-12(16)18(23)20-14/h1-9,21H,(H2,19,22)(H,20,23). The van der Waals surface area contributed by atoms with Crippen molar-refractivity contribution >= 4 is 44.0 Å². The summed E-state index contributed by atoms with van der Waals surface area (Å²) in [4.78, 5) is 23.5. The van der Waals surface area contributed by atoms with Gasteiger partial charge in [-0.2, -0.15) is 0 Å². The maximum absolute atomic E-state index is 12.9. The van der Waals surface area contributed by atoms with E-state index in [2.05, 4.69) is 10.0 Å². The van der Waals surface area contributed by atoms with Gasteiger partial charge < -0.3 is 11.1 Å². The minimum Gasteiger partial charge on any atom is -0.366 e. The van der Waals surface area contributed by atoms with Crippen LogP contribution < -0.4 is 15.8 Å². The van der Waals surface area contributed by atoms with Gasteiger partial charge >= 0.3 is 0 Å². The topological polar surface area (TPSA) is 118 Å². The first-order chi connectivity index (χ1) is 12.4. The van der Waals surface area contributed by atoms with Crippen LogP contribution in [-0.2, 0) is 10.0 Å². The fourth-order valence-corrected chi connectivity index (χ4v) is 4.37. The number of amides is 2. The van der Waals surface area contributed by atoms with E-state index in [0.29, 0.717) is 22.0 Å². The zero-order valence-electron chi connectivity index (χ0n) is 13.3. The Hall–Kier alpha value is -3.39. The van der Waals surface area contributed by atoms with Gasteiger partial charge in [-0.3, -0.25) is 14.3 Å². The summed E-state index contributed by atoms with van der Waals surface area (Å²) in [6.07, 6.45) is 0. The predicted molar refractivity (Wildman–Crippen MR) is 97.7 cm³/mol. The number of rotatable bonds is 4. The summed E-state index contributed by atoms with van der Waals surface area (Å²) in [6, 6.07) is 14.0. The molecular weight excluding hydrogens is 354 g/mol. The molecule has 4 rings (SSSR count). The Morgan fingerprint density at radius 2 is 1.77 bits per heavy atom. The van der Waals surface area contributed by atoms with Crippen LogP contribution in [0.3, 0.4) is 0 Å². The molecule has 1 aliphatic rings. The van der Waals surface area contributed by atoms with Gasteiger partial charge in [0.1, 0.15) is 0 Å². The van der Waals surface area contributed by atoms with Crippen LogP contribution in [0.15, 0.2) is 59.5 Å². The minimum atomic E-state index is -4.02. The van der Waals surface area contributed by atoms with E-state index >= 15 is 0 Å². The molecule has 0 bridgehead atoms. The lowest BCUT2D eigenvalue weighted by atomic mass is 10.1. The van der Waals surface area contributed by atoms with Crippen LogP contribution in [0, 0.1) is 0 Å². The molecule has 0 radical (unpaired) electrons. The quantitative estimate of drug-likeness (QED) is 0.655. The summed E-state index contributed by atoms with van der Waals surface area (Å²) in [5.41, 5.74) is 6.46. The molecule has 0 unspecified atom stereocenters. The molecular formula is C18H13N3O4S. The molecule has 2 amide bonds. The number of hydrogen-bond acceptors (Lipinski definition) is 4. The number of carbonyl (C=O) groups is 2. The Balaban J connectivity index is 1.88. The van der Waals surface area contributed by atoms with Crippen LogP contribution >= 0.6 is 0 Å². The molecule has 26 heavy (non-hydrogen) atoms. The third-order valence-electron chi connectivity index (χ3n) is 4.22. The molecule has 8 heteroatoms.